The van der Waals surface area contributed by atoms with Crippen LogP contribution in [0.25, 0.3) is 0 Å². The summed E-state index contributed by atoms with van der Waals surface area (Å²) >= 11 is 0. The van der Waals surface area contributed by atoms with Crippen molar-refractivity contribution in [1.82, 2.24) is 8.61 Å². The largest absolute Gasteiger partial charge is 0.480 e. The van der Waals surface area contributed by atoms with E-state index in [4.69, 9.17) is 0 Å². The van der Waals surface area contributed by atoms with Crippen LogP contribution in [0.3, 0.4) is 0 Å². The molecule has 1 atom stereocenters. The monoisotopic (exact) mass is 310 g/mol. The third kappa shape index (κ3) is 2.45. The van der Waals surface area contributed by atoms with Crippen LogP contribution in [0.2, 0.25) is 0 Å². The average Bonchev–Trinajstić information content (AvgIpc) is 3.00. The number of fused-ring (bicyclic) bond motifs is 1. The molecule has 7 heteroatoms. The van der Waals surface area contributed by atoms with Gasteiger partial charge in [0.25, 0.3) is 10.2 Å². The second-order valence-electron chi connectivity index (χ2n) is 5.41. The molecule has 0 saturated carbocycles. The molecule has 0 spiro atoms. The Morgan fingerprint density at radius 2 is 1.81 bits per heavy atom. The fraction of sp³-hybridized carbons (Fsp3) is 0.500. The Bertz CT molecular complexity index is 653. The maximum absolute atomic E-state index is 12.7. The third-order valence-corrected chi connectivity index (χ3v) is 6.16. The van der Waals surface area contributed by atoms with Crippen LogP contribution in [-0.4, -0.2) is 47.7 Å². The first-order valence-electron chi connectivity index (χ1n) is 7.09. The highest BCUT2D eigenvalue weighted by Gasteiger charge is 2.42. The van der Waals surface area contributed by atoms with Crippen LogP contribution in [0.1, 0.15) is 30.0 Å². The molecule has 1 fully saturated rings. The first-order valence-corrected chi connectivity index (χ1v) is 8.49. The minimum Gasteiger partial charge on any atom is -0.480 e. The molecule has 0 bridgehead atoms. The molecule has 2 heterocycles. The Kier molecular flexibility index (Phi) is 3.73. The maximum atomic E-state index is 12.7. The van der Waals surface area contributed by atoms with Crippen molar-refractivity contribution >= 4 is 16.2 Å². The van der Waals surface area contributed by atoms with E-state index in [1.54, 1.807) is 12.1 Å². The molecule has 21 heavy (non-hydrogen) atoms. The fourth-order valence-corrected chi connectivity index (χ4v) is 4.92. The summed E-state index contributed by atoms with van der Waals surface area (Å²) in [7, 11) is -3.71. The normalized spacial score (nSPS) is 23.9. The molecule has 3 rings (SSSR count). The molecule has 6 nitrogen and oxygen atoms in total. The summed E-state index contributed by atoms with van der Waals surface area (Å²) in [5.41, 5.74) is 1.50. The van der Waals surface area contributed by atoms with Gasteiger partial charge in [0, 0.05) is 19.6 Å². The number of nitrogens with zero attached hydrogens (tertiary/aromatic N) is 2. The van der Waals surface area contributed by atoms with Crippen LogP contribution in [0, 0.1) is 0 Å². The topological polar surface area (TPSA) is 77.9 Å². The molecule has 1 saturated heterocycles. The quantitative estimate of drug-likeness (QED) is 0.904. The number of benzene rings is 1. The summed E-state index contributed by atoms with van der Waals surface area (Å²) in [6, 6.07) is 6.05. The third-order valence-electron chi connectivity index (χ3n) is 4.16. The van der Waals surface area contributed by atoms with Gasteiger partial charge >= 0.3 is 5.97 Å². The van der Waals surface area contributed by atoms with Gasteiger partial charge in [-0.2, -0.15) is 17.0 Å². The Balaban J connectivity index is 2.01. The van der Waals surface area contributed by atoms with Gasteiger partial charge in [-0.1, -0.05) is 24.3 Å². The molecule has 1 aromatic carbocycles. The highest BCUT2D eigenvalue weighted by Crippen LogP contribution is 2.33. The van der Waals surface area contributed by atoms with Gasteiger partial charge in [0.05, 0.1) is 0 Å². The summed E-state index contributed by atoms with van der Waals surface area (Å²) in [5.74, 6) is -1.12. The summed E-state index contributed by atoms with van der Waals surface area (Å²) in [5, 5.41) is 9.54. The van der Waals surface area contributed by atoms with E-state index < -0.39 is 22.2 Å². The lowest BCUT2D eigenvalue weighted by Gasteiger charge is -2.35. The van der Waals surface area contributed by atoms with Gasteiger partial charge in [-0.05, 0) is 30.4 Å². The lowest BCUT2D eigenvalue weighted by molar-refractivity contribution is -0.142. The van der Waals surface area contributed by atoms with Crippen molar-refractivity contribution in [3.05, 3.63) is 35.4 Å². The van der Waals surface area contributed by atoms with Crippen molar-refractivity contribution in [1.29, 1.82) is 0 Å². The van der Waals surface area contributed by atoms with E-state index in [0.29, 0.717) is 25.1 Å². The number of rotatable bonds is 3. The summed E-state index contributed by atoms with van der Waals surface area (Å²) in [4.78, 5) is 11.7. The van der Waals surface area contributed by atoms with Crippen molar-refractivity contribution in [2.24, 2.45) is 0 Å². The van der Waals surface area contributed by atoms with Crippen LogP contribution in [0.5, 0.6) is 0 Å². The highest BCUT2D eigenvalue weighted by molar-refractivity contribution is 7.86. The van der Waals surface area contributed by atoms with Crippen LogP contribution in [0.15, 0.2) is 24.3 Å². The van der Waals surface area contributed by atoms with E-state index in [-0.39, 0.29) is 6.54 Å². The van der Waals surface area contributed by atoms with Gasteiger partial charge in [0.1, 0.15) is 6.04 Å². The number of carboxylic acid groups (broad SMARTS) is 1. The van der Waals surface area contributed by atoms with E-state index in [9.17, 15) is 18.3 Å². The lowest BCUT2D eigenvalue weighted by atomic mass is 9.94. The fourth-order valence-electron chi connectivity index (χ4n) is 3.12. The molecule has 2 aliphatic heterocycles. The molecule has 0 aliphatic carbocycles. The zero-order chi connectivity index (χ0) is 15.0. The number of carbonyl (C=O) groups is 1. The second kappa shape index (κ2) is 5.40. The van der Waals surface area contributed by atoms with Crippen molar-refractivity contribution in [3.8, 4) is 0 Å². The van der Waals surface area contributed by atoms with E-state index in [0.717, 1.165) is 22.7 Å². The highest BCUT2D eigenvalue weighted by atomic mass is 32.2. The Hall–Kier alpha value is -1.44. The van der Waals surface area contributed by atoms with Gasteiger partial charge in [0.15, 0.2) is 0 Å². The van der Waals surface area contributed by atoms with Gasteiger partial charge in [-0.3, -0.25) is 4.79 Å². The maximum Gasteiger partial charge on any atom is 0.326 e. The predicted molar refractivity (Wildman–Crippen MR) is 77.0 cm³/mol. The molecule has 0 amide bonds. The average molecular weight is 310 g/mol. The molecule has 0 radical (unpaired) electrons. The summed E-state index contributed by atoms with van der Waals surface area (Å²) in [6.45, 7) is 1.17. The summed E-state index contributed by atoms with van der Waals surface area (Å²) < 4.78 is 27.9. The van der Waals surface area contributed by atoms with Gasteiger partial charge in [-0.15, -0.1) is 0 Å². The zero-order valence-corrected chi connectivity index (χ0v) is 12.4. The Morgan fingerprint density at radius 1 is 1.14 bits per heavy atom. The molecule has 114 valence electrons. The molecule has 1 N–H and O–H groups in total. The zero-order valence-electron chi connectivity index (χ0n) is 11.6. The van der Waals surface area contributed by atoms with E-state index in [2.05, 4.69) is 0 Å². The number of hydrogen-bond donors (Lipinski definition) is 1. The van der Waals surface area contributed by atoms with Gasteiger partial charge in [-0.25, -0.2) is 0 Å². The Labute approximate surface area is 124 Å². The van der Waals surface area contributed by atoms with Crippen molar-refractivity contribution in [2.75, 3.05) is 19.6 Å². The number of hydrogen-bond acceptors (Lipinski definition) is 3. The number of aliphatic carboxylic acids is 1. The van der Waals surface area contributed by atoms with Crippen molar-refractivity contribution in [2.45, 2.75) is 25.3 Å². The summed E-state index contributed by atoms with van der Waals surface area (Å²) in [6.07, 6.45) is 2.22. The van der Waals surface area contributed by atoms with Crippen molar-refractivity contribution < 1.29 is 18.3 Å². The Morgan fingerprint density at radius 3 is 2.48 bits per heavy atom. The molecule has 0 aromatic heterocycles. The van der Waals surface area contributed by atoms with Crippen LogP contribution in [-0.2, 0) is 21.4 Å². The standard InChI is InChI=1S/C14H18N2O4S/c17-14(18)13-12-6-2-1-5-11(12)7-10-16(13)21(19,20)15-8-3-4-9-15/h1-2,5-6,13H,3-4,7-10H2,(H,17,18). The predicted octanol–water partition coefficient (Wildman–Crippen LogP) is 1.01. The second-order valence-corrected chi connectivity index (χ2v) is 7.30. The lowest BCUT2D eigenvalue weighted by Crippen LogP contribution is -2.49. The first kappa shape index (κ1) is 14.5. The molecular formula is C14H18N2O4S. The molecule has 1 aromatic rings. The smallest absolute Gasteiger partial charge is 0.326 e. The van der Waals surface area contributed by atoms with Gasteiger partial charge in [0.2, 0.25) is 0 Å². The van der Waals surface area contributed by atoms with Crippen molar-refractivity contribution in [3.63, 3.8) is 0 Å². The minimum absolute atomic E-state index is 0.215. The minimum atomic E-state index is -3.71. The van der Waals surface area contributed by atoms with E-state index in [1.165, 1.54) is 4.31 Å². The van der Waals surface area contributed by atoms with E-state index >= 15 is 0 Å². The molecule has 1 unspecified atom stereocenters. The van der Waals surface area contributed by atoms with Crippen LogP contribution < -0.4 is 0 Å². The van der Waals surface area contributed by atoms with Crippen LogP contribution >= 0.6 is 0 Å². The SMILES string of the molecule is O=C(O)C1c2ccccc2CCN1S(=O)(=O)N1CCCC1. The van der Waals surface area contributed by atoms with E-state index in [1.807, 2.05) is 12.1 Å². The molecule has 2 aliphatic rings. The van der Waals surface area contributed by atoms with Crippen LogP contribution in [0.4, 0.5) is 0 Å². The molecular weight excluding hydrogens is 292 g/mol. The van der Waals surface area contributed by atoms with Gasteiger partial charge < -0.3 is 5.11 Å². The number of carboxylic acids is 1. The first-order chi connectivity index (χ1) is 10.0.